The van der Waals surface area contributed by atoms with E-state index in [-0.39, 0.29) is 18.6 Å². The van der Waals surface area contributed by atoms with Gasteiger partial charge < -0.3 is 9.64 Å². The maximum Gasteiger partial charge on any atom is 0.248 e. The van der Waals surface area contributed by atoms with Crippen LogP contribution in [0.5, 0.6) is 0 Å². The zero-order chi connectivity index (χ0) is 18.0. The molecule has 136 valence electrons. The molecule has 0 radical (unpaired) electrons. The number of aromatic nitrogens is 4. The molecule has 0 unspecified atom stereocenters. The van der Waals surface area contributed by atoms with Crippen molar-refractivity contribution in [3.8, 4) is 0 Å². The Morgan fingerprint density at radius 3 is 2.88 bits per heavy atom. The molecule has 1 atom stereocenters. The lowest BCUT2D eigenvalue weighted by Crippen LogP contribution is -2.36. The maximum atomic E-state index is 11.8. The zero-order valence-corrected chi connectivity index (χ0v) is 15.3. The molecule has 1 aliphatic rings. The van der Waals surface area contributed by atoms with Crippen molar-refractivity contribution in [2.75, 3.05) is 27.2 Å². The van der Waals surface area contributed by atoms with Gasteiger partial charge in [0.25, 0.3) is 0 Å². The molecule has 0 saturated carbocycles. The highest BCUT2D eigenvalue weighted by Crippen LogP contribution is 2.17. The van der Waals surface area contributed by atoms with E-state index in [1.54, 1.807) is 19.0 Å². The van der Waals surface area contributed by atoms with Crippen LogP contribution in [0.3, 0.4) is 0 Å². The van der Waals surface area contributed by atoms with E-state index in [0.29, 0.717) is 6.54 Å². The van der Waals surface area contributed by atoms with Gasteiger partial charge in [0, 0.05) is 47.0 Å². The van der Waals surface area contributed by atoms with Gasteiger partial charge in [0.15, 0.2) is 0 Å². The van der Waals surface area contributed by atoms with Crippen molar-refractivity contribution >= 4 is 5.91 Å². The average molecular weight is 346 g/mol. The summed E-state index contributed by atoms with van der Waals surface area (Å²) < 4.78 is 9.79. The molecule has 2 aromatic rings. The van der Waals surface area contributed by atoms with E-state index in [1.165, 1.54) is 0 Å². The van der Waals surface area contributed by atoms with Crippen LogP contribution in [-0.2, 0) is 36.2 Å². The fourth-order valence-electron chi connectivity index (χ4n) is 3.08. The number of hydrogen-bond acceptors (Lipinski definition) is 5. The maximum absolute atomic E-state index is 11.8. The van der Waals surface area contributed by atoms with Crippen LogP contribution in [0.15, 0.2) is 18.3 Å². The first-order valence-corrected chi connectivity index (χ1v) is 8.46. The van der Waals surface area contributed by atoms with Gasteiger partial charge >= 0.3 is 0 Å². The molecule has 3 heterocycles. The minimum absolute atomic E-state index is 0.0289. The van der Waals surface area contributed by atoms with Gasteiger partial charge in [-0.2, -0.15) is 10.2 Å². The van der Waals surface area contributed by atoms with Crippen LogP contribution in [-0.4, -0.2) is 68.6 Å². The van der Waals surface area contributed by atoms with E-state index in [1.807, 2.05) is 35.6 Å². The van der Waals surface area contributed by atoms with Crippen molar-refractivity contribution in [2.45, 2.75) is 32.7 Å². The van der Waals surface area contributed by atoms with Crippen LogP contribution in [0.25, 0.3) is 0 Å². The van der Waals surface area contributed by atoms with E-state index in [4.69, 9.17) is 4.74 Å². The molecular weight excluding hydrogens is 320 g/mol. The number of ether oxygens (including phenoxy) is 1. The van der Waals surface area contributed by atoms with E-state index in [9.17, 15) is 4.79 Å². The minimum atomic E-state index is -0.0839. The Morgan fingerprint density at radius 2 is 2.20 bits per heavy atom. The first-order chi connectivity index (χ1) is 11.9. The Morgan fingerprint density at radius 1 is 1.40 bits per heavy atom. The third kappa shape index (κ3) is 4.26. The number of carbonyl (C=O) groups is 1. The van der Waals surface area contributed by atoms with Crippen LogP contribution in [0.4, 0.5) is 0 Å². The molecular formula is C17H26N6O2. The molecule has 0 aliphatic carbocycles. The molecule has 0 fully saturated rings. The number of carbonyl (C=O) groups excluding carboxylic acids is 1. The van der Waals surface area contributed by atoms with Crippen LogP contribution >= 0.6 is 0 Å². The molecule has 0 N–H and O–H groups in total. The van der Waals surface area contributed by atoms with Crippen molar-refractivity contribution < 1.29 is 9.53 Å². The minimum Gasteiger partial charge on any atom is -0.365 e. The van der Waals surface area contributed by atoms with Crippen molar-refractivity contribution in [3.63, 3.8) is 0 Å². The van der Waals surface area contributed by atoms with Crippen molar-refractivity contribution in [1.29, 1.82) is 0 Å². The summed E-state index contributed by atoms with van der Waals surface area (Å²) in [5, 5.41) is 8.81. The molecule has 0 saturated heterocycles. The van der Waals surface area contributed by atoms with Crippen molar-refractivity contribution in [1.82, 2.24) is 29.4 Å². The molecule has 0 bridgehead atoms. The number of aryl methyl sites for hydroxylation is 2. The second-order valence-corrected chi connectivity index (χ2v) is 6.80. The first-order valence-electron chi connectivity index (χ1n) is 8.46. The fourth-order valence-corrected chi connectivity index (χ4v) is 3.08. The van der Waals surface area contributed by atoms with Crippen LogP contribution in [0.2, 0.25) is 0 Å². The Balaban J connectivity index is 1.72. The topological polar surface area (TPSA) is 68.4 Å². The summed E-state index contributed by atoms with van der Waals surface area (Å²) in [6.07, 6.45) is 1.73. The standard InChI is InChI=1S/C17H26N6O2/c1-13-7-15(21(4)19-13)9-22-8-14-5-6-18-23(14)11-16(10-22)25-12-17(24)20(2)3/h5-7,16H,8-12H2,1-4H3/t16-/m1/s1. The Labute approximate surface area is 148 Å². The van der Waals surface area contributed by atoms with Gasteiger partial charge in [-0.05, 0) is 19.1 Å². The Bertz CT molecular complexity index is 735. The van der Waals surface area contributed by atoms with Gasteiger partial charge in [0.1, 0.15) is 6.61 Å². The normalized spacial score (nSPS) is 18.0. The summed E-state index contributed by atoms with van der Waals surface area (Å²) in [5.74, 6) is -0.0289. The summed E-state index contributed by atoms with van der Waals surface area (Å²) in [5.41, 5.74) is 3.33. The van der Waals surface area contributed by atoms with Crippen LogP contribution in [0, 0.1) is 6.92 Å². The number of likely N-dealkylation sites (N-methyl/N-ethyl adjacent to an activating group) is 1. The Kier molecular flexibility index (Phi) is 5.19. The molecule has 8 heteroatoms. The lowest BCUT2D eigenvalue weighted by Gasteiger charge is -2.24. The van der Waals surface area contributed by atoms with Gasteiger partial charge in [-0.25, -0.2) is 0 Å². The predicted molar refractivity (Wildman–Crippen MR) is 92.7 cm³/mol. The van der Waals surface area contributed by atoms with E-state index in [2.05, 4.69) is 21.2 Å². The van der Waals surface area contributed by atoms with Gasteiger partial charge in [0.2, 0.25) is 5.91 Å². The van der Waals surface area contributed by atoms with E-state index >= 15 is 0 Å². The second-order valence-electron chi connectivity index (χ2n) is 6.80. The summed E-state index contributed by atoms with van der Waals surface area (Å²) in [6, 6.07) is 4.14. The number of hydrogen-bond donors (Lipinski definition) is 0. The molecule has 25 heavy (non-hydrogen) atoms. The summed E-state index contributed by atoms with van der Waals surface area (Å²) in [4.78, 5) is 15.7. The summed E-state index contributed by atoms with van der Waals surface area (Å²) in [6.45, 7) is 5.07. The predicted octanol–water partition coefficient (Wildman–Crippen LogP) is 0.414. The molecule has 0 spiro atoms. The smallest absolute Gasteiger partial charge is 0.248 e. The molecule has 2 aromatic heterocycles. The molecule has 0 aromatic carbocycles. The highest BCUT2D eigenvalue weighted by molar-refractivity contribution is 5.76. The monoisotopic (exact) mass is 346 g/mol. The largest absolute Gasteiger partial charge is 0.365 e. The number of nitrogens with zero attached hydrogens (tertiary/aromatic N) is 6. The molecule has 8 nitrogen and oxygen atoms in total. The van der Waals surface area contributed by atoms with Crippen LogP contribution in [0.1, 0.15) is 17.1 Å². The number of amides is 1. The molecule has 3 rings (SSSR count). The summed E-state index contributed by atoms with van der Waals surface area (Å²) in [7, 11) is 5.44. The van der Waals surface area contributed by atoms with Gasteiger partial charge in [-0.3, -0.25) is 19.1 Å². The average Bonchev–Trinajstić information content (AvgIpc) is 3.06. The SMILES string of the molecule is Cc1cc(CN2Cc3ccnn3C[C@H](OCC(=O)N(C)C)C2)n(C)n1. The lowest BCUT2D eigenvalue weighted by molar-refractivity contribution is -0.136. The van der Waals surface area contributed by atoms with Crippen LogP contribution < -0.4 is 0 Å². The third-order valence-corrected chi connectivity index (χ3v) is 4.45. The highest BCUT2D eigenvalue weighted by Gasteiger charge is 2.24. The second kappa shape index (κ2) is 7.37. The van der Waals surface area contributed by atoms with Crippen molar-refractivity contribution in [3.05, 3.63) is 35.4 Å². The highest BCUT2D eigenvalue weighted by atomic mass is 16.5. The Hall–Kier alpha value is -2.19. The molecule has 1 aliphatic heterocycles. The lowest BCUT2D eigenvalue weighted by atomic mass is 10.3. The van der Waals surface area contributed by atoms with E-state index < -0.39 is 0 Å². The first kappa shape index (κ1) is 17.6. The van der Waals surface area contributed by atoms with Crippen molar-refractivity contribution in [2.24, 2.45) is 7.05 Å². The summed E-state index contributed by atoms with van der Waals surface area (Å²) >= 11 is 0. The number of rotatable bonds is 5. The molecule has 1 amide bonds. The van der Waals surface area contributed by atoms with E-state index in [0.717, 1.165) is 36.7 Å². The quantitative estimate of drug-likeness (QED) is 0.785. The third-order valence-electron chi connectivity index (χ3n) is 4.45. The van der Waals surface area contributed by atoms with Gasteiger partial charge in [0.05, 0.1) is 29.7 Å². The van der Waals surface area contributed by atoms with Gasteiger partial charge in [-0.15, -0.1) is 0 Å². The fraction of sp³-hybridized carbons (Fsp3) is 0.588. The zero-order valence-electron chi connectivity index (χ0n) is 15.3. The van der Waals surface area contributed by atoms with Gasteiger partial charge in [-0.1, -0.05) is 0 Å². The number of fused-ring (bicyclic) bond motifs is 1.